The van der Waals surface area contributed by atoms with Crippen LogP contribution in [0.15, 0.2) is 16.6 Å². The summed E-state index contributed by atoms with van der Waals surface area (Å²) in [6.07, 6.45) is 1.02. The Kier molecular flexibility index (Phi) is 4.10. The van der Waals surface area contributed by atoms with Crippen LogP contribution in [-0.4, -0.2) is 34.5 Å². The van der Waals surface area contributed by atoms with Crippen LogP contribution in [0.2, 0.25) is 5.02 Å². The van der Waals surface area contributed by atoms with E-state index in [4.69, 9.17) is 16.7 Å². The molecule has 0 aliphatic carbocycles. The van der Waals surface area contributed by atoms with Gasteiger partial charge < -0.3 is 10.0 Å². The normalized spacial score (nSPS) is 18.7. The number of carboxylic acid groups (broad SMARTS) is 1. The predicted octanol–water partition coefficient (Wildman–Crippen LogP) is 2.93. The summed E-state index contributed by atoms with van der Waals surface area (Å²) in [6.45, 7) is 0.344. The van der Waals surface area contributed by atoms with E-state index in [-0.39, 0.29) is 15.1 Å². The van der Waals surface area contributed by atoms with Crippen molar-refractivity contribution < 1.29 is 19.1 Å². The van der Waals surface area contributed by atoms with Crippen molar-refractivity contribution >= 4 is 39.4 Å². The van der Waals surface area contributed by atoms with Crippen molar-refractivity contribution in [3.63, 3.8) is 0 Å². The maximum atomic E-state index is 13.5. The van der Waals surface area contributed by atoms with Gasteiger partial charge in [-0.2, -0.15) is 0 Å². The number of hydrogen-bond acceptors (Lipinski definition) is 2. The van der Waals surface area contributed by atoms with Gasteiger partial charge in [0.15, 0.2) is 0 Å². The van der Waals surface area contributed by atoms with Gasteiger partial charge in [0.05, 0.1) is 10.0 Å². The lowest BCUT2D eigenvalue weighted by molar-refractivity contribution is -0.141. The van der Waals surface area contributed by atoms with Crippen LogP contribution in [0.5, 0.6) is 0 Å². The second-order valence-corrected chi connectivity index (χ2v) is 5.47. The molecule has 2 rings (SSSR count). The van der Waals surface area contributed by atoms with E-state index in [1.165, 1.54) is 11.0 Å². The highest BCUT2D eigenvalue weighted by Crippen LogP contribution is 2.28. The summed E-state index contributed by atoms with van der Waals surface area (Å²) in [6, 6.07) is 1.55. The summed E-state index contributed by atoms with van der Waals surface area (Å²) >= 11 is 8.71. The zero-order valence-electron chi connectivity index (χ0n) is 9.70. The molecule has 1 saturated heterocycles. The van der Waals surface area contributed by atoms with Gasteiger partial charge >= 0.3 is 5.97 Å². The van der Waals surface area contributed by atoms with E-state index in [0.717, 1.165) is 6.07 Å². The molecule has 102 valence electrons. The van der Waals surface area contributed by atoms with Gasteiger partial charge in [0.2, 0.25) is 0 Å². The van der Waals surface area contributed by atoms with Crippen molar-refractivity contribution in [3.8, 4) is 0 Å². The molecule has 0 spiro atoms. The van der Waals surface area contributed by atoms with Gasteiger partial charge in [-0.15, -0.1) is 0 Å². The molecule has 1 N–H and O–H groups in total. The third kappa shape index (κ3) is 2.74. The van der Waals surface area contributed by atoms with E-state index in [2.05, 4.69) is 15.9 Å². The summed E-state index contributed by atoms with van der Waals surface area (Å²) in [5, 5.41) is 9.14. The van der Waals surface area contributed by atoms with E-state index in [0.29, 0.717) is 19.4 Å². The number of aliphatic carboxylic acids is 1. The minimum absolute atomic E-state index is 0.00191. The summed E-state index contributed by atoms with van der Waals surface area (Å²) in [4.78, 5) is 24.6. The highest BCUT2D eigenvalue weighted by molar-refractivity contribution is 9.10. The van der Waals surface area contributed by atoms with E-state index in [1.54, 1.807) is 0 Å². The van der Waals surface area contributed by atoms with Crippen molar-refractivity contribution in [2.75, 3.05) is 6.54 Å². The fourth-order valence-electron chi connectivity index (χ4n) is 2.13. The number of hydrogen-bond donors (Lipinski definition) is 1. The molecular formula is C12H10BrClFNO3. The number of likely N-dealkylation sites (tertiary alicyclic amines) is 1. The second kappa shape index (κ2) is 5.46. The van der Waals surface area contributed by atoms with Crippen LogP contribution in [0.25, 0.3) is 0 Å². The first-order valence-corrected chi connectivity index (χ1v) is 6.77. The summed E-state index contributed by atoms with van der Waals surface area (Å²) < 4.78 is 13.5. The Balaban J connectivity index is 2.37. The molecular weight excluding hydrogens is 340 g/mol. The number of benzene rings is 1. The highest BCUT2D eigenvalue weighted by atomic mass is 79.9. The average Bonchev–Trinajstić information content (AvgIpc) is 2.82. The molecule has 1 aromatic carbocycles. The Morgan fingerprint density at radius 2 is 2.16 bits per heavy atom. The summed E-state index contributed by atoms with van der Waals surface area (Å²) in [5.74, 6) is -2.23. The van der Waals surface area contributed by atoms with Crippen LogP contribution < -0.4 is 0 Å². The summed E-state index contributed by atoms with van der Waals surface area (Å²) in [5.41, 5.74) is 0.0400. The smallest absolute Gasteiger partial charge is 0.326 e. The molecule has 0 radical (unpaired) electrons. The lowest BCUT2D eigenvalue weighted by Crippen LogP contribution is -2.40. The molecule has 0 bridgehead atoms. The maximum Gasteiger partial charge on any atom is 0.326 e. The van der Waals surface area contributed by atoms with Crippen molar-refractivity contribution in [2.45, 2.75) is 18.9 Å². The lowest BCUT2D eigenvalue weighted by atomic mass is 10.1. The predicted molar refractivity (Wildman–Crippen MR) is 70.8 cm³/mol. The van der Waals surface area contributed by atoms with Gasteiger partial charge in [0.1, 0.15) is 11.9 Å². The lowest BCUT2D eigenvalue weighted by Gasteiger charge is -2.22. The number of halogens is 3. The number of carbonyl (C=O) groups excluding carboxylic acids is 1. The Labute approximate surface area is 122 Å². The second-order valence-electron chi connectivity index (χ2n) is 4.24. The van der Waals surface area contributed by atoms with Crippen molar-refractivity contribution in [1.82, 2.24) is 4.90 Å². The SMILES string of the molecule is O=C(O)[C@H]1CCCN1C(=O)c1cc(Cl)cc(F)c1Br. The Morgan fingerprint density at radius 3 is 2.79 bits per heavy atom. The molecule has 1 atom stereocenters. The van der Waals surface area contributed by atoms with Gasteiger partial charge in [0.25, 0.3) is 5.91 Å². The molecule has 0 aromatic heterocycles. The number of rotatable bonds is 2. The topological polar surface area (TPSA) is 57.6 Å². The molecule has 4 nitrogen and oxygen atoms in total. The minimum Gasteiger partial charge on any atom is -0.480 e. The van der Waals surface area contributed by atoms with Crippen LogP contribution in [0.3, 0.4) is 0 Å². The first-order chi connectivity index (χ1) is 8.91. The Hall–Kier alpha value is -1.14. The van der Waals surface area contributed by atoms with Crippen molar-refractivity contribution in [2.24, 2.45) is 0 Å². The zero-order valence-corrected chi connectivity index (χ0v) is 12.0. The number of nitrogens with zero attached hydrogens (tertiary/aromatic N) is 1. The van der Waals surface area contributed by atoms with Crippen LogP contribution in [0.1, 0.15) is 23.2 Å². The van der Waals surface area contributed by atoms with Crippen LogP contribution in [0.4, 0.5) is 4.39 Å². The Morgan fingerprint density at radius 1 is 1.47 bits per heavy atom. The first-order valence-electron chi connectivity index (χ1n) is 5.60. The van der Waals surface area contributed by atoms with Gasteiger partial charge in [-0.05, 0) is 40.9 Å². The van der Waals surface area contributed by atoms with Crippen LogP contribution in [-0.2, 0) is 4.79 Å². The largest absolute Gasteiger partial charge is 0.480 e. The molecule has 7 heteroatoms. The molecule has 1 aliphatic rings. The van der Waals surface area contributed by atoms with Crippen LogP contribution in [0, 0.1) is 5.82 Å². The fraction of sp³-hybridized carbons (Fsp3) is 0.333. The zero-order chi connectivity index (χ0) is 14.2. The quantitative estimate of drug-likeness (QED) is 0.834. The van der Waals surface area contributed by atoms with Gasteiger partial charge in [-0.1, -0.05) is 11.6 Å². The third-order valence-corrected chi connectivity index (χ3v) is 4.05. The monoisotopic (exact) mass is 349 g/mol. The van der Waals surface area contributed by atoms with Crippen molar-refractivity contribution in [1.29, 1.82) is 0 Å². The molecule has 1 aromatic rings. The molecule has 1 heterocycles. The molecule has 0 saturated carbocycles. The summed E-state index contributed by atoms with van der Waals surface area (Å²) in [7, 11) is 0. The molecule has 1 amide bonds. The van der Waals surface area contributed by atoms with E-state index < -0.39 is 23.7 Å². The molecule has 19 heavy (non-hydrogen) atoms. The van der Waals surface area contributed by atoms with E-state index >= 15 is 0 Å². The molecule has 0 unspecified atom stereocenters. The van der Waals surface area contributed by atoms with Crippen molar-refractivity contribution in [3.05, 3.63) is 33.0 Å². The maximum absolute atomic E-state index is 13.5. The third-order valence-electron chi connectivity index (χ3n) is 3.02. The van der Waals surface area contributed by atoms with Crippen LogP contribution >= 0.6 is 27.5 Å². The minimum atomic E-state index is -1.05. The number of amides is 1. The molecule has 1 fully saturated rings. The van der Waals surface area contributed by atoms with Gasteiger partial charge in [-0.25, -0.2) is 9.18 Å². The van der Waals surface area contributed by atoms with Gasteiger partial charge in [-0.3, -0.25) is 4.79 Å². The van der Waals surface area contributed by atoms with Gasteiger partial charge in [0, 0.05) is 11.6 Å². The fourth-order valence-corrected chi connectivity index (χ4v) is 2.74. The highest BCUT2D eigenvalue weighted by Gasteiger charge is 2.35. The van der Waals surface area contributed by atoms with E-state index in [9.17, 15) is 14.0 Å². The standard InChI is InChI=1S/C12H10BrClFNO3/c13-10-7(4-6(14)5-8(10)15)11(17)16-3-1-2-9(16)12(18)19/h4-5,9H,1-3H2,(H,18,19)/t9-/m1/s1. The molecule has 1 aliphatic heterocycles. The first kappa shape index (κ1) is 14.3. The average molecular weight is 351 g/mol. The van der Waals surface area contributed by atoms with E-state index in [1.807, 2.05) is 0 Å². The Bertz CT molecular complexity index is 552. The number of carbonyl (C=O) groups is 2. The number of carboxylic acids is 1.